The Labute approximate surface area is 78.5 Å². The predicted octanol–water partition coefficient (Wildman–Crippen LogP) is 2.04. The third-order valence-corrected chi connectivity index (χ3v) is 2.59. The summed E-state index contributed by atoms with van der Waals surface area (Å²) in [5, 5.41) is 5.44. The van der Waals surface area contributed by atoms with E-state index in [9.17, 15) is 0 Å². The third-order valence-electron chi connectivity index (χ3n) is 1.98. The lowest BCUT2D eigenvalue weighted by atomic mass is 10.3. The van der Waals surface area contributed by atoms with Gasteiger partial charge in [-0.15, -0.1) is 0 Å². The van der Waals surface area contributed by atoms with Crippen LogP contribution in [0.1, 0.15) is 5.69 Å². The van der Waals surface area contributed by atoms with Gasteiger partial charge in [0, 0.05) is 28.8 Å². The van der Waals surface area contributed by atoms with Gasteiger partial charge in [0.05, 0.1) is 6.20 Å². The zero-order valence-corrected chi connectivity index (χ0v) is 8.46. The molecule has 0 spiro atoms. The molecule has 0 atom stereocenters. The van der Waals surface area contributed by atoms with E-state index in [-0.39, 0.29) is 0 Å². The Bertz CT molecular complexity index is 433. The molecule has 2 aromatic heterocycles. The number of pyridine rings is 1. The number of halogens is 1. The van der Waals surface area contributed by atoms with Crippen LogP contribution in [0.2, 0.25) is 0 Å². The van der Waals surface area contributed by atoms with Gasteiger partial charge >= 0.3 is 0 Å². The Balaban J connectivity index is 2.97. The Morgan fingerprint density at radius 3 is 2.83 bits per heavy atom. The van der Waals surface area contributed by atoms with Crippen molar-refractivity contribution < 1.29 is 0 Å². The Kier molecular flexibility index (Phi) is 1.65. The molecule has 62 valence electrons. The van der Waals surface area contributed by atoms with Gasteiger partial charge in [-0.1, -0.05) is 0 Å². The molecule has 3 nitrogen and oxygen atoms in total. The number of aryl methyl sites for hydroxylation is 2. The first-order chi connectivity index (χ1) is 5.70. The standard InChI is InChI=1S/C8H8BrN3/c1-5-8-6(9)3-10-4-7(8)11-12(5)2/h3-4H,1-2H3. The normalized spacial score (nSPS) is 10.9. The van der Waals surface area contributed by atoms with Crippen LogP contribution < -0.4 is 0 Å². The molecule has 0 aliphatic rings. The van der Waals surface area contributed by atoms with E-state index in [1.807, 2.05) is 18.7 Å². The van der Waals surface area contributed by atoms with Crippen molar-refractivity contribution >= 4 is 26.8 Å². The molecular formula is C8H8BrN3. The maximum absolute atomic E-state index is 4.30. The molecule has 0 fully saturated rings. The molecule has 2 aromatic rings. The van der Waals surface area contributed by atoms with Gasteiger partial charge in [0.25, 0.3) is 0 Å². The van der Waals surface area contributed by atoms with Gasteiger partial charge in [0.2, 0.25) is 0 Å². The van der Waals surface area contributed by atoms with E-state index >= 15 is 0 Å². The summed E-state index contributed by atoms with van der Waals surface area (Å²) in [6.07, 6.45) is 3.56. The average Bonchev–Trinajstić information content (AvgIpc) is 2.29. The highest BCUT2D eigenvalue weighted by molar-refractivity contribution is 9.10. The van der Waals surface area contributed by atoms with Crippen molar-refractivity contribution in [2.45, 2.75) is 6.92 Å². The number of rotatable bonds is 0. The van der Waals surface area contributed by atoms with Crippen molar-refractivity contribution in [2.75, 3.05) is 0 Å². The molecular weight excluding hydrogens is 218 g/mol. The van der Waals surface area contributed by atoms with Crippen molar-refractivity contribution in [3.8, 4) is 0 Å². The van der Waals surface area contributed by atoms with E-state index in [2.05, 4.69) is 26.0 Å². The first-order valence-corrected chi connectivity index (χ1v) is 4.42. The number of aromatic nitrogens is 3. The second-order valence-corrected chi connectivity index (χ2v) is 3.58. The van der Waals surface area contributed by atoms with Crippen LogP contribution in [0.25, 0.3) is 10.9 Å². The lowest BCUT2D eigenvalue weighted by Gasteiger charge is -1.93. The second kappa shape index (κ2) is 2.55. The molecule has 0 bridgehead atoms. The summed E-state index contributed by atoms with van der Waals surface area (Å²) in [5.74, 6) is 0. The van der Waals surface area contributed by atoms with Gasteiger partial charge in [-0.05, 0) is 22.9 Å². The predicted molar refractivity (Wildman–Crippen MR) is 50.9 cm³/mol. The molecule has 0 amide bonds. The average molecular weight is 226 g/mol. The zero-order chi connectivity index (χ0) is 8.72. The monoisotopic (exact) mass is 225 g/mol. The van der Waals surface area contributed by atoms with Crippen molar-refractivity contribution in [1.82, 2.24) is 14.8 Å². The number of fused-ring (bicyclic) bond motifs is 1. The molecule has 2 rings (SSSR count). The van der Waals surface area contributed by atoms with Crippen LogP contribution in [0.3, 0.4) is 0 Å². The maximum atomic E-state index is 4.30. The van der Waals surface area contributed by atoms with Gasteiger partial charge < -0.3 is 0 Å². The van der Waals surface area contributed by atoms with Gasteiger partial charge in [-0.25, -0.2) is 0 Å². The topological polar surface area (TPSA) is 30.7 Å². The Morgan fingerprint density at radius 1 is 1.42 bits per heavy atom. The van der Waals surface area contributed by atoms with E-state index in [4.69, 9.17) is 0 Å². The highest BCUT2D eigenvalue weighted by Gasteiger charge is 2.07. The van der Waals surface area contributed by atoms with Crippen LogP contribution in [0.5, 0.6) is 0 Å². The number of hydrogen-bond acceptors (Lipinski definition) is 2. The highest BCUT2D eigenvalue weighted by Crippen LogP contribution is 2.24. The first-order valence-electron chi connectivity index (χ1n) is 3.63. The maximum Gasteiger partial charge on any atom is 0.112 e. The first kappa shape index (κ1) is 7.73. The van der Waals surface area contributed by atoms with Crippen molar-refractivity contribution in [3.63, 3.8) is 0 Å². The van der Waals surface area contributed by atoms with Crippen LogP contribution in [0.4, 0.5) is 0 Å². The summed E-state index contributed by atoms with van der Waals surface area (Å²) in [6, 6.07) is 0. The molecule has 0 unspecified atom stereocenters. The summed E-state index contributed by atoms with van der Waals surface area (Å²) in [4.78, 5) is 4.04. The Hall–Kier alpha value is -0.900. The van der Waals surface area contributed by atoms with Crippen LogP contribution in [-0.2, 0) is 7.05 Å². The molecule has 0 aromatic carbocycles. The lowest BCUT2D eigenvalue weighted by Crippen LogP contribution is -1.91. The fourth-order valence-corrected chi connectivity index (χ4v) is 1.87. The SMILES string of the molecule is Cc1c2c(Br)cncc2nn1C. The molecule has 0 saturated heterocycles. The fraction of sp³-hybridized carbons (Fsp3) is 0.250. The number of nitrogens with zero attached hydrogens (tertiary/aromatic N) is 3. The zero-order valence-electron chi connectivity index (χ0n) is 6.87. The van der Waals surface area contributed by atoms with Crippen LogP contribution in [0, 0.1) is 6.92 Å². The highest BCUT2D eigenvalue weighted by atomic mass is 79.9. The Morgan fingerprint density at radius 2 is 2.17 bits per heavy atom. The second-order valence-electron chi connectivity index (χ2n) is 2.72. The molecule has 12 heavy (non-hydrogen) atoms. The van der Waals surface area contributed by atoms with Crippen molar-refractivity contribution in [1.29, 1.82) is 0 Å². The fourth-order valence-electron chi connectivity index (χ4n) is 1.26. The van der Waals surface area contributed by atoms with E-state index in [1.54, 1.807) is 12.4 Å². The molecule has 0 radical (unpaired) electrons. The minimum Gasteiger partial charge on any atom is -0.272 e. The van der Waals surface area contributed by atoms with Crippen molar-refractivity contribution in [2.24, 2.45) is 7.05 Å². The van der Waals surface area contributed by atoms with Crippen LogP contribution in [-0.4, -0.2) is 14.8 Å². The summed E-state index contributed by atoms with van der Waals surface area (Å²) < 4.78 is 2.86. The molecule has 2 heterocycles. The van der Waals surface area contributed by atoms with Gasteiger partial charge in [-0.2, -0.15) is 5.10 Å². The smallest absolute Gasteiger partial charge is 0.112 e. The quantitative estimate of drug-likeness (QED) is 0.688. The van der Waals surface area contributed by atoms with E-state index < -0.39 is 0 Å². The molecule has 4 heteroatoms. The summed E-state index contributed by atoms with van der Waals surface area (Å²) in [5.41, 5.74) is 2.09. The van der Waals surface area contributed by atoms with Gasteiger partial charge in [-0.3, -0.25) is 9.67 Å². The summed E-state index contributed by atoms with van der Waals surface area (Å²) >= 11 is 3.45. The van der Waals surface area contributed by atoms with Crippen molar-refractivity contribution in [3.05, 3.63) is 22.6 Å². The third kappa shape index (κ3) is 0.948. The summed E-state index contributed by atoms with van der Waals surface area (Å²) in [7, 11) is 1.93. The molecule has 0 aliphatic heterocycles. The van der Waals surface area contributed by atoms with E-state index in [0.717, 1.165) is 21.1 Å². The molecule has 0 aliphatic carbocycles. The van der Waals surface area contributed by atoms with E-state index in [0.29, 0.717) is 0 Å². The summed E-state index contributed by atoms with van der Waals surface area (Å²) in [6.45, 7) is 2.04. The largest absolute Gasteiger partial charge is 0.272 e. The van der Waals surface area contributed by atoms with E-state index in [1.165, 1.54) is 0 Å². The molecule has 0 saturated carbocycles. The molecule has 0 N–H and O–H groups in total. The van der Waals surface area contributed by atoms with Crippen LogP contribution in [0.15, 0.2) is 16.9 Å². The minimum absolute atomic E-state index is 0.935. The minimum atomic E-state index is 0.935. The lowest BCUT2D eigenvalue weighted by molar-refractivity contribution is 0.750. The number of hydrogen-bond donors (Lipinski definition) is 0. The van der Waals surface area contributed by atoms with Gasteiger partial charge in [0.1, 0.15) is 5.52 Å². The van der Waals surface area contributed by atoms with Crippen LogP contribution >= 0.6 is 15.9 Å². The van der Waals surface area contributed by atoms with Gasteiger partial charge in [0.15, 0.2) is 0 Å².